The van der Waals surface area contributed by atoms with Crippen molar-refractivity contribution in [2.24, 2.45) is 0 Å². The third-order valence-corrected chi connectivity index (χ3v) is 2.49. The maximum Gasteiger partial charge on any atom is 0.105 e. The minimum absolute atomic E-state index is 1.04. The Kier molecular flexibility index (Phi) is 3.00. The first-order valence-corrected chi connectivity index (χ1v) is 5.11. The van der Waals surface area contributed by atoms with Crippen molar-refractivity contribution in [2.45, 2.75) is 26.7 Å². The molecule has 1 heterocycles. The van der Waals surface area contributed by atoms with E-state index in [-0.39, 0.29) is 0 Å². The third-order valence-electron chi connectivity index (χ3n) is 1.78. The van der Waals surface area contributed by atoms with Crippen LogP contribution in [0.1, 0.15) is 25.2 Å². The summed E-state index contributed by atoms with van der Waals surface area (Å²) in [5.41, 5.74) is 2.60. The minimum Gasteiger partial charge on any atom is -0.277 e. The summed E-state index contributed by atoms with van der Waals surface area (Å²) < 4.78 is 2.14. The molecular weight excluding hydrogens is 156 g/mol. The summed E-state index contributed by atoms with van der Waals surface area (Å²) in [5.74, 6) is 0. The quantitative estimate of drug-likeness (QED) is 0.691. The maximum absolute atomic E-state index is 4.32. The fraction of sp³-hybridized carbons (Fsp3) is 0.625. The van der Waals surface area contributed by atoms with Gasteiger partial charge in [-0.1, -0.05) is 13.8 Å². The second kappa shape index (κ2) is 3.81. The van der Waals surface area contributed by atoms with Gasteiger partial charge in [0.15, 0.2) is 0 Å². The SMILES string of the molecule is CCc1ncn(SC)c1CC. The van der Waals surface area contributed by atoms with Gasteiger partial charge in [0.05, 0.1) is 11.4 Å². The normalized spacial score (nSPS) is 10.5. The van der Waals surface area contributed by atoms with Gasteiger partial charge < -0.3 is 0 Å². The lowest BCUT2D eigenvalue weighted by Gasteiger charge is -2.01. The van der Waals surface area contributed by atoms with E-state index in [1.165, 1.54) is 11.4 Å². The van der Waals surface area contributed by atoms with Crippen molar-refractivity contribution in [3.8, 4) is 0 Å². The molecule has 0 saturated carbocycles. The van der Waals surface area contributed by atoms with Gasteiger partial charge in [0.1, 0.15) is 6.33 Å². The summed E-state index contributed by atoms with van der Waals surface area (Å²) in [6.07, 6.45) is 6.09. The lowest BCUT2D eigenvalue weighted by Crippen LogP contribution is -1.94. The monoisotopic (exact) mass is 170 g/mol. The zero-order valence-corrected chi connectivity index (χ0v) is 8.11. The van der Waals surface area contributed by atoms with Crippen LogP contribution in [-0.4, -0.2) is 15.2 Å². The molecule has 0 saturated heterocycles. The molecule has 0 atom stereocenters. The van der Waals surface area contributed by atoms with Crippen molar-refractivity contribution in [1.82, 2.24) is 8.96 Å². The number of aromatic nitrogens is 2. The maximum atomic E-state index is 4.32. The van der Waals surface area contributed by atoms with E-state index in [9.17, 15) is 0 Å². The molecule has 0 amide bonds. The third kappa shape index (κ3) is 1.59. The fourth-order valence-electron chi connectivity index (χ4n) is 1.21. The van der Waals surface area contributed by atoms with Gasteiger partial charge in [-0.25, -0.2) is 4.98 Å². The van der Waals surface area contributed by atoms with Crippen LogP contribution >= 0.6 is 11.9 Å². The van der Waals surface area contributed by atoms with Crippen LogP contribution in [0.25, 0.3) is 0 Å². The van der Waals surface area contributed by atoms with Crippen LogP contribution in [-0.2, 0) is 12.8 Å². The van der Waals surface area contributed by atoms with E-state index in [4.69, 9.17) is 0 Å². The van der Waals surface area contributed by atoms with Crippen molar-refractivity contribution in [3.05, 3.63) is 17.7 Å². The molecule has 0 aromatic carbocycles. The van der Waals surface area contributed by atoms with Gasteiger partial charge in [-0.2, -0.15) is 0 Å². The van der Waals surface area contributed by atoms with E-state index in [1.54, 1.807) is 11.9 Å². The summed E-state index contributed by atoms with van der Waals surface area (Å²) >= 11 is 1.71. The Balaban J connectivity index is 2.99. The van der Waals surface area contributed by atoms with Gasteiger partial charge in [0.25, 0.3) is 0 Å². The Morgan fingerprint density at radius 2 is 2.18 bits per heavy atom. The molecule has 1 aromatic rings. The Morgan fingerprint density at radius 1 is 1.45 bits per heavy atom. The van der Waals surface area contributed by atoms with Crippen LogP contribution in [0.15, 0.2) is 6.33 Å². The molecule has 62 valence electrons. The minimum atomic E-state index is 1.04. The van der Waals surface area contributed by atoms with Crippen LogP contribution in [0.4, 0.5) is 0 Å². The highest BCUT2D eigenvalue weighted by atomic mass is 32.2. The Bertz CT molecular complexity index is 208. The standard InChI is InChI=1S/C8H14N2S/c1-4-7-8(5-2)10(11-3)6-9-7/h6H,4-5H2,1-3H3. The lowest BCUT2D eigenvalue weighted by molar-refractivity contribution is 0.964. The summed E-state index contributed by atoms with van der Waals surface area (Å²) in [6, 6.07) is 0. The molecular formula is C8H14N2S. The largest absolute Gasteiger partial charge is 0.277 e. The van der Waals surface area contributed by atoms with Crippen molar-refractivity contribution in [2.75, 3.05) is 6.26 Å². The van der Waals surface area contributed by atoms with Crippen molar-refractivity contribution in [3.63, 3.8) is 0 Å². The molecule has 0 bridgehead atoms. The number of nitrogens with zero attached hydrogens (tertiary/aromatic N) is 2. The molecule has 11 heavy (non-hydrogen) atoms. The van der Waals surface area contributed by atoms with Crippen LogP contribution in [0, 0.1) is 0 Å². The molecule has 0 aliphatic heterocycles. The fourth-order valence-corrected chi connectivity index (χ4v) is 1.80. The highest BCUT2D eigenvalue weighted by molar-refractivity contribution is 7.97. The predicted molar refractivity (Wildman–Crippen MR) is 49.9 cm³/mol. The van der Waals surface area contributed by atoms with Gasteiger partial charge in [-0.15, -0.1) is 0 Å². The number of rotatable bonds is 3. The predicted octanol–water partition coefficient (Wildman–Crippen LogP) is 2.13. The highest BCUT2D eigenvalue weighted by Gasteiger charge is 2.05. The summed E-state index contributed by atoms with van der Waals surface area (Å²) in [7, 11) is 0. The molecule has 2 nitrogen and oxygen atoms in total. The molecule has 0 fully saturated rings. The molecule has 0 spiro atoms. The molecule has 1 rings (SSSR count). The summed E-state index contributed by atoms with van der Waals surface area (Å²) in [4.78, 5) is 4.32. The van der Waals surface area contributed by atoms with Crippen molar-refractivity contribution >= 4 is 11.9 Å². The smallest absolute Gasteiger partial charge is 0.105 e. The number of aryl methyl sites for hydroxylation is 1. The van der Waals surface area contributed by atoms with E-state index in [0.717, 1.165) is 12.8 Å². The average molecular weight is 170 g/mol. The summed E-state index contributed by atoms with van der Waals surface area (Å²) in [5, 5.41) is 0. The molecule has 3 heteroatoms. The zero-order chi connectivity index (χ0) is 8.27. The zero-order valence-electron chi connectivity index (χ0n) is 7.29. The first-order valence-electron chi connectivity index (χ1n) is 3.93. The molecule has 0 aliphatic rings. The van der Waals surface area contributed by atoms with E-state index in [0.29, 0.717) is 0 Å². The Hall–Kier alpha value is -0.440. The van der Waals surface area contributed by atoms with Crippen LogP contribution in [0.3, 0.4) is 0 Å². The Labute approximate surface area is 72.2 Å². The second-order valence-electron chi connectivity index (χ2n) is 2.35. The van der Waals surface area contributed by atoms with E-state index >= 15 is 0 Å². The topological polar surface area (TPSA) is 17.8 Å². The number of hydrogen-bond donors (Lipinski definition) is 0. The van der Waals surface area contributed by atoms with E-state index in [2.05, 4.69) is 29.1 Å². The second-order valence-corrected chi connectivity index (χ2v) is 3.11. The molecule has 1 aromatic heterocycles. The average Bonchev–Trinajstić information content (AvgIpc) is 2.45. The highest BCUT2D eigenvalue weighted by Crippen LogP contribution is 2.13. The molecule has 0 radical (unpaired) electrons. The van der Waals surface area contributed by atoms with Gasteiger partial charge >= 0.3 is 0 Å². The van der Waals surface area contributed by atoms with Crippen LogP contribution in [0.5, 0.6) is 0 Å². The first-order chi connectivity index (χ1) is 5.33. The van der Waals surface area contributed by atoms with Crippen molar-refractivity contribution in [1.29, 1.82) is 0 Å². The van der Waals surface area contributed by atoms with Gasteiger partial charge in [-0.05, 0) is 24.8 Å². The summed E-state index contributed by atoms with van der Waals surface area (Å²) in [6.45, 7) is 4.31. The number of hydrogen-bond acceptors (Lipinski definition) is 2. The first kappa shape index (κ1) is 8.65. The van der Waals surface area contributed by atoms with Crippen LogP contribution < -0.4 is 0 Å². The lowest BCUT2D eigenvalue weighted by atomic mass is 10.2. The van der Waals surface area contributed by atoms with Crippen LogP contribution in [0.2, 0.25) is 0 Å². The molecule has 0 unspecified atom stereocenters. The van der Waals surface area contributed by atoms with E-state index in [1.807, 2.05) is 6.33 Å². The van der Waals surface area contributed by atoms with E-state index < -0.39 is 0 Å². The van der Waals surface area contributed by atoms with Gasteiger partial charge in [0, 0.05) is 6.26 Å². The van der Waals surface area contributed by atoms with Crippen molar-refractivity contribution < 1.29 is 0 Å². The Morgan fingerprint density at radius 3 is 2.64 bits per heavy atom. The van der Waals surface area contributed by atoms with Gasteiger partial charge in [-0.3, -0.25) is 3.97 Å². The molecule has 0 N–H and O–H groups in total. The molecule has 0 aliphatic carbocycles. The van der Waals surface area contributed by atoms with Gasteiger partial charge in [0.2, 0.25) is 0 Å². The number of imidazole rings is 1.